The molecule has 2 heterocycles. The number of nitrogens with one attached hydrogen (secondary N) is 1. The number of anilines is 2. The van der Waals surface area contributed by atoms with Crippen molar-refractivity contribution in [3.05, 3.63) is 63.7 Å². The fourth-order valence-corrected chi connectivity index (χ4v) is 5.16. The second-order valence-electron chi connectivity index (χ2n) is 8.87. The summed E-state index contributed by atoms with van der Waals surface area (Å²) in [6.45, 7) is 1.59. The monoisotopic (exact) mass is 478 g/mol. The summed E-state index contributed by atoms with van der Waals surface area (Å²) in [5.41, 5.74) is 1.68. The number of fused-ring (bicyclic) bond motifs is 2. The molecular weight excluding hydrogens is 456 g/mol. The van der Waals surface area contributed by atoms with Crippen LogP contribution in [0.1, 0.15) is 31.2 Å². The van der Waals surface area contributed by atoms with E-state index in [0.717, 1.165) is 23.3 Å². The molecule has 3 aromatic rings. The molecule has 1 aliphatic heterocycles. The molecule has 2 aliphatic rings. The Bertz CT molecular complexity index is 1380. The van der Waals surface area contributed by atoms with E-state index in [0.29, 0.717) is 28.8 Å². The molecule has 1 N–H and O–H groups in total. The van der Waals surface area contributed by atoms with E-state index in [1.54, 1.807) is 24.3 Å². The van der Waals surface area contributed by atoms with Crippen LogP contribution < -0.4 is 15.8 Å². The SMILES string of the molecule is Cc1cccc2c(=O)n(CC(=O)Nc3ccc(Cl)cc3N3C(=O)C4CCCCC4C3=O)cnc12. The first-order valence-electron chi connectivity index (χ1n) is 11.3. The van der Waals surface area contributed by atoms with Crippen molar-refractivity contribution in [3.63, 3.8) is 0 Å². The smallest absolute Gasteiger partial charge is 0.261 e. The number of aryl methyl sites for hydroxylation is 1. The van der Waals surface area contributed by atoms with Gasteiger partial charge in [-0.15, -0.1) is 0 Å². The zero-order valence-electron chi connectivity index (χ0n) is 18.6. The number of amides is 3. The molecular formula is C25H23ClN4O4. The topological polar surface area (TPSA) is 101 Å². The van der Waals surface area contributed by atoms with Crippen molar-refractivity contribution in [2.75, 3.05) is 10.2 Å². The van der Waals surface area contributed by atoms with Crippen LogP contribution in [-0.2, 0) is 20.9 Å². The van der Waals surface area contributed by atoms with Crippen LogP contribution in [0.2, 0.25) is 5.02 Å². The number of halogens is 1. The maximum Gasteiger partial charge on any atom is 0.261 e. The predicted molar refractivity (Wildman–Crippen MR) is 129 cm³/mol. The Morgan fingerprint density at radius 2 is 1.79 bits per heavy atom. The van der Waals surface area contributed by atoms with Crippen molar-refractivity contribution in [2.45, 2.75) is 39.2 Å². The minimum Gasteiger partial charge on any atom is -0.323 e. The molecule has 3 amide bonds. The summed E-state index contributed by atoms with van der Waals surface area (Å²) in [4.78, 5) is 57.4. The number of imide groups is 1. The molecule has 2 fully saturated rings. The molecule has 1 saturated heterocycles. The third-order valence-corrected chi connectivity index (χ3v) is 6.92. The van der Waals surface area contributed by atoms with Gasteiger partial charge in [-0.1, -0.05) is 36.6 Å². The largest absolute Gasteiger partial charge is 0.323 e. The zero-order valence-corrected chi connectivity index (χ0v) is 19.3. The minimum absolute atomic E-state index is 0.252. The lowest BCUT2D eigenvalue weighted by molar-refractivity contribution is -0.122. The lowest BCUT2D eigenvalue weighted by Crippen LogP contribution is -2.33. The first kappa shape index (κ1) is 22.3. The first-order chi connectivity index (χ1) is 16.3. The fraction of sp³-hybridized carbons (Fsp3) is 0.320. The number of nitrogens with zero attached hydrogens (tertiary/aromatic N) is 3. The molecule has 174 valence electrons. The third kappa shape index (κ3) is 3.77. The standard InChI is InChI=1S/C25H23ClN4O4/c1-14-5-4-8-18-22(14)27-13-29(23(18)32)12-21(31)28-19-10-9-15(26)11-20(19)30-24(33)16-6-2-3-7-17(16)25(30)34/h4-5,8-11,13,16-17H,2-3,6-7,12H2,1H3,(H,28,31). The normalized spacial score (nSPS) is 20.0. The highest BCUT2D eigenvalue weighted by molar-refractivity contribution is 6.32. The molecule has 2 aromatic carbocycles. The number of rotatable bonds is 4. The van der Waals surface area contributed by atoms with Gasteiger partial charge < -0.3 is 5.32 Å². The number of hydrogen-bond donors (Lipinski definition) is 1. The molecule has 8 nitrogen and oxygen atoms in total. The molecule has 2 unspecified atom stereocenters. The van der Waals surface area contributed by atoms with Gasteiger partial charge in [0.2, 0.25) is 17.7 Å². The van der Waals surface area contributed by atoms with Crippen LogP contribution >= 0.6 is 11.6 Å². The Hall–Kier alpha value is -3.52. The molecule has 5 rings (SSSR count). The second kappa shape index (κ2) is 8.68. The van der Waals surface area contributed by atoms with Gasteiger partial charge in [0, 0.05) is 5.02 Å². The van der Waals surface area contributed by atoms with Gasteiger partial charge in [0.25, 0.3) is 5.56 Å². The maximum atomic E-state index is 13.1. The molecule has 2 atom stereocenters. The molecule has 1 aromatic heterocycles. The summed E-state index contributed by atoms with van der Waals surface area (Å²) in [5.74, 6) is -1.64. The van der Waals surface area contributed by atoms with Gasteiger partial charge in [-0.2, -0.15) is 0 Å². The van der Waals surface area contributed by atoms with E-state index in [-0.39, 0.29) is 47.1 Å². The van der Waals surface area contributed by atoms with Crippen molar-refractivity contribution in [1.29, 1.82) is 0 Å². The molecule has 1 aliphatic carbocycles. The van der Waals surface area contributed by atoms with Gasteiger partial charge in [0.05, 0.1) is 40.4 Å². The van der Waals surface area contributed by atoms with Crippen LogP contribution in [0.15, 0.2) is 47.5 Å². The van der Waals surface area contributed by atoms with Crippen LogP contribution in [0.25, 0.3) is 10.9 Å². The second-order valence-corrected chi connectivity index (χ2v) is 9.30. The lowest BCUT2D eigenvalue weighted by Gasteiger charge is -2.20. The number of aromatic nitrogens is 2. The first-order valence-corrected chi connectivity index (χ1v) is 11.6. The summed E-state index contributed by atoms with van der Waals surface area (Å²) in [6.07, 6.45) is 4.55. The third-order valence-electron chi connectivity index (χ3n) is 6.69. The van der Waals surface area contributed by atoms with E-state index in [9.17, 15) is 19.2 Å². The van der Waals surface area contributed by atoms with Crippen molar-refractivity contribution < 1.29 is 14.4 Å². The highest BCUT2D eigenvalue weighted by atomic mass is 35.5. The van der Waals surface area contributed by atoms with Crippen molar-refractivity contribution in [3.8, 4) is 0 Å². The van der Waals surface area contributed by atoms with Crippen LogP contribution in [0.4, 0.5) is 11.4 Å². The Morgan fingerprint density at radius 1 is 1.09 bits per heavy atom. The van der Waals surface area contributed by atoms with E-state index in [2.05, 4.69) is 10.3 Å². The van der Waals surface area contributed by atoms with Gasteiger partial charge in [0.1, 0.15) is 6.54 Å². The zero-order chi connectivity index (χ0) is 24.0. The Morgan fingerprint density at radius 3 is 2.50 bits per heavy atom. The van der Waals surface area contributed by atoms with E-state index in [4.69, 9.17) is 11.6 Å². The number of carbonyl (C=O) groups is 3. The molecule has 0 bridgehead atoms. The van der Waals surface area contributed by atoms with E-state index in [1.807, 2.05) is 13.0 Å². The van der Waals surface area contributed by atoms with Crippen LogP contribution in [0, 0.1) is 18.8 Å². The number of hydrogen-bond acceptors (Lipinski definition) is 5. The summed E-state index contributed by atoms with van der Waals surface area (Å²) < 4.78 is 1.23. The Balaban J connectivity index is 1.43. The Kier molecular flexibility index (Phi) is 5.69. The number of para-hydroxylation sites is 1. The molecule has 0 spiro atoms. The van der Waals surface area contributed by atoms with Crippen molar-refractivity contribution >= 4 is 51.6 Å². The van der Waals surface area contributed by atoms with Crippen LogP contribution in [0.3, 0.4) is 0 Å². The van der Waals surface area contributed by atoms with E-state index >= 15 is 0 Å². The Labute approximate surface area is 200 Å². The predicted octanol–water partition coefficient (Wildman–Crippen LogP) is 3.68. The van der Waals surface area contributed by atoms with Gasteiger partial charge in [-0.3, -0.25) is 23.7 Å². The van der Waals surface area contributed by atoms with Gasteiger partial charge in [-0.05, 0) is 49.6 Å². The highest BCUT2D eigenvalue weighted by Gasteiger charge is 2.49. The molecule has 9 heteroatoms. The van der Waals surface area contributed by atoms with E-state index < -0.39 is 5.91 Å². The van der Waals surface area contributed by atoms with Crippen molar-refractivity contribution in [1.82, 2.24) is 9.55 Å². The summed E-state index contributed by atoms with van der Waals surface area (Å²) in [7, 11) is 0. The number of benzene rings is 2. The van der Waals surface area contributed by atoms with Gasteiger partial charge in [-0.25, -0.2) is 9.88 Å². The molecule has 1 saturated carbocycles. The molecule has 34 heavy (non-hydrogen) atoms. The summed E-state index contributed by atoms with van der Waals surface area (Å²) >= 11 is 6.18. The van der Waals surface area contributed by atoms with Crippen molar-refractivity contribution in [2.24, 2.45) is 11.8 Å². The van der Waals surface area contributed by atoms with Gasteiger partial charge >= 0.3 is 0 Å². The van der Waals surface area contributed by atoms with E-state index in [1.165, 1.54) is 17.0 Å². The minimum atomic E-state index is -0.490. The van der Waals surface area contributed by atoms with Crippen LogP contribution in [-0.4, -0.2) is 27.3 Å². The quantitative estimate of drug-likeness (QED) is 0.576. The fourth-order valence-electron chi connectivity index (χ4n) is 4.99. The number of carbonyl (C=O) groups excluding carboxylic acids is 3. The highest BCUT2D eigenvalue weighted by Crippen LogP contribution is 2.42. The summed E-state index contributed by atoms with van der Waals surface area (Å²) in [6, 6.07) is 9.95. The molecule has 0 radical (unpaired) electrons. The van der Waals surface area contributed by atoms with Gasteiger partial charge in [0.15, 0.2) is 0 Å². The average molecular weight is 479 g/mol. The maximum absolute atomic E-state index is 13.1. The van der Waals surface area contributed by atoms with Crippen LogP contribution in [0.5, 0.6) is 0 Å². The summed E-state index contributed by atoms with van der Waals surface area (Å²) in [5, 5.41) is 3.51. The lowest BCUT2D eigenvalue weighted by atomic mass is 9.81. The average Bonchev–Trinajstić information content (AvgIpc) is 3.07.